The van der Waals surface area contributed by atoms with E-state index in [1.807, 2.05) is 25.1 Å². The average Bonchev–Trinajstić information content (AvgIpc) is 2.80. The van der Waals surface area contributed by atoms with Crippen LogP contribution in [0.2, 0.25) is 0 Å². The molecule has 0 amide bonds. The predicted octanol–water partition coefficient (Wildman–Crippen LogP) is 1.42. The molecule has 0 atom stereocenters. The maximum Gasteiger partial charge on any atom is 0.213 e. The first-order chi connectivity index (χ1) is 7.79. The van der Waals surface area contributed by atoms with Crippen LogP contribution < -0.4 is 10.5 Å². The lowest BCUT2D eigenvalue weighted by molar-refractivity contribution is 0.284. The molecule has 16 heavy (non-hydrogen) atoms. The third-order valence-corrected chi connectivity index (χ3v) is 2.20. The van der Waals surface area contributed by atoms with Crippen LogP contribution in [0, 0.1) is 6.92 Å². The maximum absolute atomic E-state index is 5.64. The van der Waals surface area contributed by atoms with Crippen LogP contribution in [-0.4, -0.2) is 10.1 Å². The van der Waals surface area contributed by atoms with Crippen molar-refractivity contribution in [3.63, 3.8) is 0 Å². The normalized spacial score (nSPS) is 10.4. The fourth-order valence-corrected chi connectivity index (χ4v) is 1.41. The van der Waals surface area contributed by atoms with Crippen molar-refractivity contribution in [2.75, 3.05) is 0 Å². The Bertz CT molecular complexity index is 454. The summed E-state index contributed by atoms with van der Waals surface area (Å²) in [6.45, 7) is 2.75. The lowest BCUT2D eigenvalue weighted by Gasteiger charge is -2.09. The van der Waals surface area contributed by atoms with Crippen LogP contribution in [0.4, 0.5) is 0 Å². The molecule has 1 aromatic carbocycles. The third-order valence-electron chi connectivity index (χ3n) is 2.20. The van der Waals surface area contributed by atoms with Gasteiger partial charge in [0.1, 0.15) is 5.75 Å². The largest absolute Gasteiger partial charge is 0.485 e. The van der Waals surface area contributed by atoms with E-state index in [-0.39, 0.29) is 6.61 Å². The van der Waals surface area contributed by atoms with E-state index < -0.39 is 0 Å². The summed E-state index contributed by atoms with van der Waals surface area (Å²) in [6.07, 6.45) is 1.28. The Morgan fingerprint density at radius 2 is 2.31 bits per heavy atom. The summed E-state index contributed by atoms with van der Waals surface area (Å²) < 4.78 is 10.2. The van der Waals surface area contributed by atoms with Crippen molar-refractivity contribution in [3.8, 4) is 5.75 Å². The number of ether oxygens (including phenoxy) is 1. The van der Waals surface area contributed by atoms with Gasteiger partial charge in [0.2, 0.25) is 12.2 Å². The van der Waals surface area contributed by atoms with Gasteiger partial charge in [-0.3, -0.25) is 0 Å². The molecule has 0 aliphatic carbocycles. The standard InChI is InChI=1S/C11H13N3O2/c1-8-2-3-10(9(4-8)5-12)15-6-11-13-7-16-14-11/h2-4,7H,5-6,12H2,1H3. The van der Waals surface area contributed by atoms with Gasteiger partial charge in [-0.25, -0.2) is 0 Å². The molecule has 0 unspecified atom stereocenters. The number of aryl methyl sites for hydroxylation is 1. The highest BCUT2D eigenvalue weighted by atomic mass is 16.5. The minimum atomic E-state index is 0.284. The number of benzene rings is 1. The van der Waals surface area contributed by atoms with Gasteiger partial charge >= 0.3 is 0 Å². The third kappa shape index (κ3) is 2.38. The SMILES string of the molecule is Cc1ccc(OCc2ncon2)c(CN)c1. The van der Waals surface area contributed by atoms with E-state index in [9.17, 15) is 0 Å². The topological polar surface area (TPSA) is 74.2 Å². The van der Waals surface area contributed by atoms with Crippen LogP contribution in [0.1, 0.15) is 17.0 Å². The lowest BCUT2D eigenvalue weighted by Crippen LogP contribution is -2.03. The van der Waals surface area contributed by atoms with Crippen LogP contribution >= 0.6 is 0 Å². The van der Waals surface area contributed by atoms with Gasteiger partial charge in [-0.1, -0.05) is 22.9 Å². The van der Waals surface area contributed by atoms with E-state index in [1.54, 1.807) is 0 Å². The smallest absolute Gasteiger partial charge is 0.213 e. The Balaban J connectivity index is 2.09. The van der Waals surface area contributed by atoms with Crippen molar-refractivity contribution in [1.29, 1.82) is 0 Å². The molecule has 1 aromatic heterocycles. The Morgan fingerprint density at radius 1 is 1.44 bits per heavy atom. The molecule has 0 spiro atoms. The zero-order valence-electron chi connectivity index (χ0n) is 9.01. The summed E-state index contributed by atoms with van der Waals surface area (Å²) in [5.41, 5.74) is 7.77. The molecular weight excluding hydrogens is 206 g/mol. The van der Waals surface area contributed by atoms with Gasteiger partial charge < -0.3 is 15.0 Å². The summed E-state index contributed by atoms with van der Waals surface area (Å²) in [5, 5.41) is 3.66. The zero-order valence-corrected chi connectivity index (χ0v) is 9.01. The zero-order chi connectivity index (χ0) is 11.4. The van der Waals surface area contributed by atoms with Gasteiger partial charge in [0.25, 0.3) is 0 Å². The van der Waals surface area contributed by atoms with Gasteiger partial charge in [-0.2, -0.15) is 4.98 Å². The number of nitrogens with two attached hydrogens (primary N) is 1. The van der Waals surface area contributed by atoms with Crippen molar-refractivity contribution >= 4 is 0 Å². The second-order valence-electron chi connectivity index (χ2n) is 3.45. The summed E-state index contributed by atoms with van der Waals surface area (Å²) in [4.78, 5) is 3.87. The van der Waals surface area contributed by atoms with Crippen LogP contribution in [0.25, 0.3) is 0 Å². The van der Waals surface area contributed by atoms with Gasteiger partial charge in [0.05, 0.1) is 0 Å². The molecule has 84 valence electrons. The molecule has 0 radical (unpaired) electrons. The maximum atomic E-state index is 5.64. The highest BCUT2D eigenvalue weighted by molar-refractivity contribution is 5.36. The second-order valence-corrected chi connectivity index (χ2v) is 3.45. The molecule has 0 aliphatic rings. The minimum Gasteiger partial charge on any atom is -0.485 e. The van der Waals surface area contributed by atoms with Gasteiger partial charge in [-0.15, -0.1) is 0 Å². The van der Waals surface area contributed by atoms with Crippen molar-refractivity contribution < 1.29 is 9.26 Å². The number of hydrogen-bond acceptors (Lipinski definition) is 5. The summed E-state index contributed by atoms with van der Waals surface area (Å²) >= 11 is 0. The minimum absolute atomic E-state index is 0.284. The molecule has 0 saturated carbocycles. The highest BCUT2D eigenvalue weighted by Crippen LogP contribution is 2.20. The predicted molar refractivity (Wildman–Crippen MR) is 57.7 cm³/mol. The first-order valence-corrected chi connectivity index (χ1v) is 4.97. The fraction of sp³-hybridized carbons (Fsp3) is 0.273. The van der Waals surface area contributed by atoms with E-state index in [0.29, 0.717) is 12.4 Å². The van der Waals surface area contributed by atoms with Crippen LogP contribution in [0.15, 0.2) is 29.1 Å². The average molecular weight is 219 g/mol. The van der Waals surface area contributed by atoms with Crippen LogP contribution in [0.5, 0.6) is 5.75 Å². The first kappa shape index (κ1) is 10.6. The van der Waals surface area contributed by atoms with Crippen LogP contribution in [0.3, 0.4) is 0 Å². The van der Waals surface area contributed by atoms with Crippen molar-refractivity contribution in [1.82, 2.24) is 10.1 Å². The number of nitrogens with zero attached hydrogens (tertiary/aromatic N) is 2. The lowest BCUT2D eigenvalue weighted by atomic mass is 10.1. The summed E-state index contributed by atoms with van der Waals surface area (Å²) in [5.74, 6) is 1.28. The summed E-state index contributed by atoms with van der Waals surface area (Å²) in [7, 11) is 0. The molecule has 1 heterocycles. The molecule has 2 aromatic rings. The van der Waals surface area contributed by atoms with E-state index in [2.05, 4.69) is 14.7 Å². The molecule has 0 bridgehead atoms. The van der Waals surface area contributed by atoms with Crippen molar-refractivity contribution in [2.45, 2.75) is 20.1 Å². The number of hydrogen-bond donors (Lipinski definition) is 1. The Hall–Kier alpha value is -1.88. The quantitative estimate of drug-likeness (QED) is 0.841. The second kappa shape index (κ2) is 4.76. The molecule has 2 rings (SSSR count). The van der Waals surface area contributed by atoms with E-state index in [4.69, 9.17) is 10.5 Å². The van der Waals surface area contributed by atoms with Gasteiger partial charge in [-0.05, 0) is 13.0 Å². The van der Waals surface area contributed by atoms with Crippen molar-refractivity contribution in [3.05, 3.63) is 41.5 Å². The molecular formula is C11H13N3O2. The monoisotopic (exact) mass is 219 g/mol. The van der Waals surface area contributed by atoms with Gasteiger partial charge in [0, 0.05) is 12.1 Å². The molecule has 2 N–H and O–H groups in total. The van der Waals surface area contributed by atoms with Gasteiger partial charge in [0.15, 0.2) is 6.61 Å². The summed E-state index contributed by atoms with van der Waals surface area (Å²) in [6, 6.07) is 5.88. The molecule has 0 saturated heterocycles. The Labute approximate surface area is 93.2 Å². The van der Waals surface area contributed by atoms with E-state index >= 15 is 0 Å². The molecule has 0 aliphatic heterocycles. The molecule has 5 nitrogen and oxygen atoms in total. The van der Waals surface area contributed by atoms with Crippen LogP contribution in [-0.2, 0) is 13.2 Å². The first-order valence-electron chi connectivity index (χ1n) is 4.97. The number of rotatable bonds is 4. The Morgan fingerprint density at radius 3 is 3.00 bits per heavy atom. The van der Waals surface area contributed by atoms with E-state index in [1.165, 1.54) is 6.39 Å². The van der Waals surface area contributed by atoms with Crippen molar-refractivity contribution in [2.24, 2.45) is 5.73 Å². The highest BCUT2D eigenvalue weighted by Gasteiger charge is 2.04. The molecule has 5 heteroatoms. The number of aromatic nitrogens is 2. The Kier molecular flexibility index (Phi) is 3.16. The molecule has 0 fully saturated rings. The fourth-order valence-electron chi connectivity index (χ4n) is 1.41. The van der Waals surface area contributed by atoms with E-state index in [0.717, 1.165) is 16.9 Å².